The average Bonchev–Trinajstić information content (AvgIpc) is 2.68. The van der Waals surface area contributed by atoms with Crippen LogP contribution in [-0.2, 0) is 4.74 Å². The van der Waals surface area contributed by atoms with Crippen molar-refractivity contribution in [1.82, 2.24) is 9.80 Å². The van der Waals surface area contributed by atoms with Gasteiger partial charge in [0, 0.05) is 37.8 Å². The zero-order valence-electron chi connectivity index (χ0n) is 15.3. The molecule has 1 amide bonds. The second kappa shape index (κ2) is 9.20. The lowest BCUT2D eigenvalue weighted by Gasteiger charge is -2.37. The first-order chi connectivity index (χ1) is 12.3. The molecule has 0 spiro atoms. The van der Waals surface area contributed by atoms with Crippen LogP contribution in [0.25, 0.3) is 0 Å². The van der Waals surface area contributed by atoms with Crippen LogP contribution < -0.4 is 4.74 Å². The van der Waals surface area contributed by atoms with E-state index in [0.29, 0.717) is 12.6 Å². The summed E-state index contributed by atoms with van der Waals surface area (Å²) >= 11 is 0. The number of rotatable bonds is 6. The monoisotopic (exact) mass is 346 g/mol. The van der Waals surface area contributed by atoms with Crippen LogP contribution in [0.4, 0.5) is 0 Å². The van der Waals surface area contributed by atoms with Crippen LogP contribution in [0.3, 0.4) is 0 Å². The summed E-state index contributed by atoms with van der Waals surface area (Å²) in [6, 6.07) is 7.92. The molecule has 0 radical (unpaired) electrons. The number of benzene rings is 1. The number of morpholine rings is 1. The third kappa shape index (κ3) is 4.95. The Hall–Kier alpha value is -1.59. The lowest BCUT2D eigenvalue weighted by Crippen LogP contribution is -2.46. The van der Waals surface area contributed by atoms with Crippen molar-refractivity contribution in [3.63, 3.8) is 0 Å². The first-order valence-electron chi connectivity index (χ1n) is 9.62. The molecule has 2 aliphatic heterocycles. The summed E-state index contributed by atoms with van der Waals surface area (Å²) in [7, 11) is 0. The Morgan fingerprint density at radius 1 is 1.16 bits per heavy atom. The molecule has 2 saturated heterocycles. The minimum Gasteiger partial charge on any atom is -0.494 e. The maximum absolute atomic E-state index is 13.0. The molecule has 1 aromatic rings. The normalized spacial score (nSPS) is 22.0. The van der Waals surface area contributed by atoms with Gasteiger partial charge in [0.05, 0.1) is 19.8 Å². The number of hydrogen-bond donors (Lipinski definition) is 0. The molecule has 0 unspecified atom stereocenters. The summed E-state index contributed by atoms with van der Waals surface area (Å²) in [5.41, 5.74) is 0.765. The fourth-order valence-corrected chi connectivity index (χ4v) is 3.75. The lowest BCUT2D eigenvalue weighted by molar-refractivity contribution is 0.0295. The van der Waals surface area contributed by atoms with Gasteiger partial charge in [-0.3, -0.25) is 9.69 Å². The van der Waals surface area contributed by atoms with Gasteiger partial charge in [0.2, 0.25) is 0 Å². The quantitative estimate of drug-likeness (QED) is 0.794. The van der Waals surface area contributed by atoms with E-state index < -0.39 is 0 Å². The zero-order chi connectivity index (χ0) is 17.5. The second-order valence-corrected chi connectivity index (χ2v) is 6.85. The summed E-state index contributed by atoms with van der Waals surface area (Å²) < 4.78 is 10.9. The molecule has 2 aliphatic rings. The van der Waals surface area contributed by atoms with Crippen LogP contribution in [0.5, 0.6) is 5.75 Å². The molecule has 3 rings (SSSR count). The SMILES string of the molecule is CCOc1ccc(C(=O)N2CCCC[C@@H]2CCN2CCOCC2)cc1. The topological polar surface area (TPSA) is 42.0 Å². The Morgan fingerprint density at radius 3 is 2.64 bits per heavy atom. The molecule has 0 N–H and O–H groups in total. The highest BCUT2D eigenvalue weighted by Gasteiger charge is 2.28. The molecule has 1 atom stereocenters. The summed E-state index contributed by atoms with van der Waals surface area (Å²) in [4.78, 5) is 17.5. The molecule has 2 fully saturated rings. The highest BCUT2D eigenvalue weighted by Crippen LogP contribution is 2.23. The maximum Gasteiger partial charge on any atom is 0.254 e. The van der Waals surface area contributed by atoms with Crippen molar-refractivity contribution in [2.24, 2.45) is 0 Å². The molecule has 1 aromatic carbocycles. The number of hydrogen-bond acceptors (Lipinski definition) is 4. The van der Waals surface area contributed by atoms with Crippen molar-refractivity contribution in [2.75, 3.05) is 46.0 Å². The van der Waals surface area contributed by atoms with E-state index >= 15 is 0 Å². The number of amides is 1. The molecule has 5 heteroatoms. The molecular formula is C20H30N2O3. The van der Waals surface area contributed by atoms with Gasteiger partial charge in [-0.25, -0.2) is 0 Å². The van der Waals surface area contributed by atoms with E-state index in [1.807, 2.05) is 31.2 Å². The Bertz CT molecular complexity index is 540. The van der Waals surface area contributed by atoms with Crippen LogP contribution >= 0.6 is 0 Å². The zero-order valence-corrected chi connectivity index (χ0v) is 15.3. The van der Waals surface area contributed by atoms with Gasteiger partial charge in [-0.2, -0.15) is 0 Å². The van der Waals surface area contributed by atoms with Crippen molar-refractivity contribution < 1.29 is 14.3 Å². The predicted octanol–water partition coefficient (Wildman–Crippen LogP) is 2.80. The largest absolute Gasteiger partial charge is 0.494 e. The molecule has 2 heterocycles. The Morgan fingerprint density at radius 2 is 1.92 bits per heavy atom. The van der Waals surface area contributed by atoms with Crippen LogP contribution in [-0.4, -0.2) is 67.7 Å². The number of nitrogens with zero attached hydrogens (tertiary/aromatic N) is 2. The highest BCUT2D eigenvalue weighted by molar-refractivity contribution is 5.94. The summed E-state index contributed by atoms with van der Waals surface area (Å²) in [5.74, 6) is 0.983. The fraction of sp³-hybridized carbons (Fsp3) is 0.650. The van der Waals surface area contributed by atoms with Gasteiger partial charge in [-0.05, 0) is 56.9 Å². The molecule has 0 aromatic heterocycles. The third-order valence-electron chi connectivity index (χ3n) is 5.18. The first-order valence-corrected chi connectivity index (χ1v) is 9.62. The van der Waals surface area contributed by atoms with Crippen molar-refractivity contribution in [2.45, 2.75) is 38.6 Å². The van der Waals surface area contributed by atoms with Crippen molar-refractivity contribution in [1.29, 1.82) is 0 Å². The van der Waals surface area contributed by atoms with Gasteiger partial charge in [-0.15, -0.1) is 0 Å². The van der Waals surface area contributed by atoms with Crippen LogP contribution in [0.2, 0.25) is 0 Å². The molecular weight excluding hydrogens is 316 g/mol. The van der Waals surface area contributed by atoms with Gasteiger partial charge >= 0.3 is 0 Å². The van der Waals surface area contributed by atoms with Gasteiger partial charge in [-0.1, -0.05) is 0 Å². The maximum atomic E-state index is 13.0. The van der Waals surface area contributed by atoms with Gasteiger partial charge < -0.3 is 14.4 Å². The summed E-state index contributed by atoms with van der Waals surface area (Å²) in [6.45, 7) is 8.23. The standard InChI is InChI=1S/C20H30N2O3/c1-2-25-19-8-6-17(7-9-19)20(23)22-11-4-3-5-18(22)10-12-21-13-15-24-16-14-21/h6-9,18H,2-5,10-16H2,1H3/t18-/m1/s1. The Balaban J connectivity index is 1.59. The van der Waals surface area contributed by atoms with E-state index in [0.717, 1.165) is 70.0 Å². The van der Waals surface area contributed by atoms with E-state index in [4.69, 9.17) is 9.47 Å². The van der Waals surface area contributed by atoms with Gasteiger partial charge in [0.1, 0.15) is 5.75 Å². The average molecular weight is 346 g/mol. The molecule has 0 saturated carbocycles. The smallest absolute Gasteiger partial charge is 0.254 e. The van der Waals surface area contributed by atoms with Crippen LogP contribution in [0.1, 0.15) is 43.0 Å². The Labute approximate surface area is 150 Å². The van der Waals surface area contributed by atoms with Crippen LogP contribution in [0, 0.1) is 0 Å². The lowest BCUT2D eigenvalue weighted by atomic mass is 9.97. The second-order valence-electron chi connectivity index (χ2n) is 6.85. The van der Waals surface area contributed by atoms with Crippen molar-refractivity contribution in [3.05, 3.63) is 29.8 Å². The number of piperidine rings is 1. The minimum absolute atomic E-state index is 0.162. The molecule has 25 heavy (non-hydrogen) atoms. The van der Waals surface area contributed by atoms with Crippen LogP contribution in [0.15, 0.2) is 24.3 Å². The first kappa shape index (κ1) is 18.2. The minimum atomic E-state index is 0.162. The molecule has 138 valence electrons. The van der Waals surface area contributed by atoms with Gasteiger partial charge in [0.25, 0.3) is 5.91 Å². The highest BCUT2D eigenvalue weighted by atomic mass is 16.5. The molecule has 0 bridgehead atoms. The number of likely N-dealkylation sites (tertiary alicyclic amines) is 1. The predicted molar refractivity (Wildman–Crippen MR) is 98.2 cm³/mol. The molecule has 0 aliphatic carbocycles. The van der Waals surface area contributed by atoms with E-state index in [-0.39, 0.29) is 5.91 Å². The van der Waals surface area contributed by atoms with E-state index in [1.165, 1.54) is 6.42 Å². The summed E-state index contributed by atoms with van der Waals surface area (Å²) in [5, 5.41) is 0. The summed E-state index contributed by atoms with van der Waals surface area (Å²) in [6.07, 6.45) is 4.51. The van der Waals surface area contributed by atoms with E-state index in [1.54, 1.807) is 0 Å². The van der Waals surface area contributed by atoms with Crippen molar-refractivity contribution >= 4 is 5.91 Å². The van der Waals surface area contributed by atoms with Crippen molar-refractivity contribution in [3.8, 4) is 5.75 Å². The van der Waals surface area contributed by atoms with E-state index in [9.17, 15) is 4.79 Å². The number of carbonyl (C=O) groups is 1. The third-order valence-corrected chi connectivity index (χ3v) is 5.18. The Kier molecular flexibility index (Phi) is 6.70. The fourth-order valence-electron chi connectivity index (χ4n) is 3.75. The molecule has 5 nitrogen and oxygen atoms in total. The van der Waals surface area contributed by atoms with Gasteiger partial charge in [0.15, 0.2) is 0 Å². The number of ether oxygens (including phenoxy) is 2. The van der Waals surface area contributed by atoms with E-state index in [2.05, 4.69) is 9.80 Å². The number of carbonyl (C=O) groups excluding carboxylic acids is 1.